The Morgan fingerprint density at radius 1 is 1.25 bits per heavy atom. The van der Waals surface area contributed by atoms with Crippen molar-refractivity contribution >= 4 is 23.5 Å². The van der Waals surface area contributed by atoms with Gasteiger partial charge in [-0.05, 0) is 25.1 Å². The fraction of sp³-hybridized carbons (Fsp3) is 0.353. The Morgan fingerprint density at radius 3 is 2.62 bits per heavy atom. The monoisotopic (exact) mass is 329 g/mol. The van der Waals surface area contributed by atoms with E-state index in [4.69, 9.17) is 9.84 Å². The van der Waals surface area contributed by atoms with E-state index >= 15 is 0 Å². The Hall–Kier alpha value is -2.51. The summed E-state index contributed by atoms with van der Waals surface area (Å²) < 4.78 is 5.83. The van der Waals surface area contributed by atoms with Gasteiger partial charge in [0.05, 0.1) is 35.3 Å². The number of aliphatic hydroxyl groups excluding tert-OH is 1. The summed E-state index contributed by atoms with van der Waals surface area (Å²) in [5.74, 6) is -3.58. The van der Waals surface area contributed by atoms with Crippen molar-refractivity contribution in [2.75, 3.05) is 11.5 Å². The quantitative estimate of drug-likeness (QED) is 0.621. The minimum absolute atomic E-state index is 0.00871. The summed E-state index contributed by atoms with van der Waals surface area (Å²) >= 11 is 0. The average Bonchev–Trinajstić information content (AvgIpc) is 3.13. The third kappa shape index (κ3) is 1.65. The van der Waals surface area contributed by atoms with Crippen molar-refractivity contribution in [2.24, 2.45) is 11.8 Å². The molecule has 4 rings (SSSR count). The molecule has 2 N–H and O–H groups in total. The molecule has 0 spiro atoms. The Bertz CT molecular complexity index is 817. The number of benzene rings is 1. The second kappa shape index (κ2) is 4.52. The Kier molecular flexibility index (Phi) is 2.83. The number of ether oxygens (including phenoxy) is 1. The zero-order valence-corrected chi connectivity index (χ0v) is 12.8. The number of carbonyl (C=O) groups is 3. The summed E-state index contributed by atoms with van der Waals surface area (Å²) in [4.78, 5) is 38.0. The molecule has 2 amide bonds. The van der Waals surface area contributed by atoms with E-state index in [9.17, 15) is 19.5 Å². The van der Waals surface area contributed by atoms with Crippen molar-refractivity contribution in [1.29, 1.82) is 0 Å². The highest BCUT2D eigenvalue weighted by Crippen LogP contribution is 2.57. The van der Waals surface area contributed by atoms with Crippen LogP contribution in [-0.2, 0) is 14.3 Å². The highest BCUT2D eigenvalue weighted by atomic mass is 16.5. The van der Waals surface area contributed by atoms with Crippen LogP contribution in [0, 0.1) is 11.8 Å². The van der Waals surface area contributed by atoms with E-state index in [1.807, 2.05) is 0 Å². The first-order valence-corrected chi connectivity index (χ1v) is 7.55. The molecule has 0 aromatic heterocycles. The SMILES string of the molecule is C[C@@]12C=C[C@@](CO)(O1)[C@@H]1C(=O)N(c3cccc(C(=O)O)c3)C(=O)[C@H]12. The molecule has 24 heavy (non-hydrogen) atoms. The topological polar surface area (TPSA) is 104 Å². The van der Waals surface area contributed by atoms with Gasteiger partial charge in [0.1, 0.15) is 5.60 Å². The highest BCUT2D eigenvalue weighted by Gasteiger charge is 2.72. The number of carbonyl (C=O) groups excluding carboxylic acids is 2. The molecular formula is C17H15NO6. The fourth-order valence-corrected chi connectivity index (χ4v) is 4.07. The van der Waals surface area contributed by atoms with Crippen molar-refractivity contribution < 1.29 is 29.3 Å². The number of hydrogen-bond acceptors (Lipinski definition) is 5. The fourth-order valence-electron chi connectivity index (χ4n) is 4.07. The minimum atomic E-state index is -1.19. The second-order valence-electron chi connectivity index (χ2n) is 6.56. The van der Waals surface area contributed by atoms with Gasteiger partial charge in [0.25, 0.3) is 0 Å². The van der Waals surface area contributed by atoms with E-state index < -0.39 is 47.4 Å². The molecule has 0 unspecified atom stereocenters. The molecule has 3 aliphatic rings. The molecule has 3 heterocycles. The van der Waals surface area contributed by atoms with Crippen LogP contribution in [0.15, 0.2) is 36.4 Å². The van der Waals surface area contributed by atoms with Gasteiger partial charge in [-0.25, -0.2) is 9.69 Å². The van der Waals surface area contributed by atoms with E-state index in [0.717, 1.165) is 4.90 Å². The molecule has 7 nitrogen and oxygen atoms in total. The van der Waals surface area contributed by atoms with Gasteiger partial charge in [-0.15, -0.1) is 0 Å². The molecule has 0 saturated carbocycles. The summed E-state index contributed by atoms with van der Waals surface area (Å²) in [5, 5.41) is 18.9. The van der Waals surface area contributed by atoms with Gasteiger partial charge in [-0.2, -0.15) is 0 Å². The highest BCUT2D eigenvalue weighted by molar-refractivity contribution is 6.23. The average molecular weight is 329 g/mol. The summed E-state index contributed by atoms with van der Waals surface area (Å²) in [5.41, 5.74) is -1.93. The van der Waals surface area contributed by atoms with E-state index in [1.54, 1.807) is 19.1 Å². The second-order valence-corrected chi connectivity index (χ2v) is 6.56. The third-order valence-electron chi connectivity index (χ3n) is 5.15. The molecule has 2 saturated heterocycles. The van der Waals surface area contributed by atoms with Crippen LogP contribution in [0.2, 0.25) is 0 Å². The maximum absolute atomic E-state index is 12.9. The van der Waals surface area contributed by atoms with Gasteiger partial charge < -0.3 is 14.9 Å². The lowest BCUT2D eigenvalue weighted by Gasteiger charge is -2.27. The number of aliphatic hydroxyl groups is 1. The minimum Gasteiger partial charge on any atom is -0.478 e. The van der Waals surface area contributed by atoms with Crippen LogP contribution in [0.5, 0.6) is 0 Å². The summed E-state index contributed by atoms with van der Waals surface area (Å²) in [7, 11) is 0. The van der Waals surface area contributed by atoms with Crippen LogP contribution in [0.25, 0.3) is 0 Å². The molecule has 1 aromatic rings. The summed E-state index contributed by atoms with van der Waals surface area (Å²) in [6.07, 6.45) is 3.36. The number of carboxylic acid groups (broad SMARTS) is 1. The van der Waals surface area contributed by atoms with Gasteiger partial charge in [-0.1, -0.05) is 18.2 Å². The Labute approximate surface area is 137 Å². The van der Waals surface area contributed by atoms with E-state index in [-0.39, 0.29) is 11.3 Å². The van der Waals surface area contributed by atoms with Crippen LogP contribution >= 0.6 is 0 Å². The number of nitrogens with zero attached hydrogens (tertiary/aromatic N) is 1. The van der Waals surface area contributed by atoms with Gasteiger partial charge in [0.2, 0.25) is 11.8 Å². The molecule has 3 aliphatic heterocycles. The first kappa shape index (κ1) is 15.0. The van der Waals surface area contributed by atoms with Crippen molar-refractivity contribution in [3.8, 4) is 0 Å². The first-order valence-electron chi connectivity index (χ1n) is 7.55. The molecule has 7 heteroatoms. The maximum atomic E-state index is 12.9. The van der Waals surface area contributed by atoms with Gasteiger partial charge in [0, 0.05) is 0 Å². The number of aromatic carboxylic acids is 1. The molecular weight excluding hydrogens is 314 g/mol. The van der Waals surface area contributed by atoms with Crippen LogP contribution in [0.3, 0.4) is 0 Å². The van der Waals surface area contributed by atoms with Crippen molar-refractivity contribution in [3.63, 3.8) is 0 Å². The number of carboxylic acids is 1. The normalized spacial score (nSPS) is 36.5. The predicted molar refractivity (Wildman–Crippen MR) is 81.3 cm³/mol. The first-order chi connectivity index (χ1) is 11.3. The lowest BCUT2D eigenvalue weighted by Crippen LogP contribution is -2.43. The van der Waals surface area contributed by atoms with Gasteiger partial charge in [-0.3, -0.25) is 9.59 Å². The largest absolute Gasteiger partial charge is 0.478 e. The predicted octanol–water partition coefficient (Wildman–Crippen LogP) is 0.580. The number of amides is 2. The molecule has 2 bridgehead atoms. The van der Waals surface area contributed by atoms with E-state index in [0.29, 0.717) is 0 Å². The van der Waals surface area contributed by atoms with Gasteiger partial charge >= 0.3 is 5.97 Å². The molecule has 124 valence electrons. The lowest BCUT2D eigenvalue weighted by molar-refractivity contribution is -0.131. The molecule has 1 aromatic carbocycles. The van der Waals surface area contributed by atoms with Gasteiger partial charge in [0.15, 0.2) is 0 Å². The smallest absolute Gasteiger partial charge is 0.335 e. The lowest BCUT2D eigenvalue weighted by atomic mass is 9.73. The molecule has 2 fully saturated rings. The third-order valence-corrected chi connectivity index (χ3v) is 5.15. The number of anilines is 1. The number of hydrogen-bond donors (Lipinski definition) is 2. The molecule has 0 aliphatic carbocycles. The summed E-state index contributed by atoms with van der Waals surface area (Å²) in [6.45, 7) is 1.32. The van der Waals surface area contributed by atoms with Crippen LogP contribution < -0.4 is 4.90 Å². The summed E-state index contributed by atoms with van der Waals surface area (Å²) in [6, 6.07) is 5.69. The zero-order chi connectivity index (χ0) is 17.3. The Morgan fingerprint density at radius 2 is 1.96 bits per heavy atom. The van der Waals surface area contributed by atoms with Crippen molar-refractivity contribution in [2.45, 2.75) is 18.1 Å². The molecule has 4 atom stereocenters. The van der Waals surface area contributed by atoms with Crippen LogP contribution in [-0.4, -0.2) is 45.8 Å². The number of rotatable bonds is 3. The molecule has 0 radical (unpaired) electrons. The maximum Gasteiger partial charge on any atom is 0.335 e. The number of imide groups is 1. The van der Waals surface area contributed by atoms with Crippen LogP contribution in [0.1, 0.15) is 17.3 Å². The van der Waals surface area contributed by atoms with E-state index in [2.05, 4.69) is 0 Å². The Balaban J connectivity index is 1.80. The number of fused-ring (bicyclic) bond motifs is 5. The van der Waals surface area contributed by atoms with Crippen molar-refractivity contribution in [1.82, 2.24) is 0 Å². The van der Waals surface area contributed by atoms with Crippen molar-refractivity contribution in [3.05, 3.63) is 42.0 Å². The zero-order valence-electron chi connectivity index (χ0n) is 12.8. The van der Waals surface area contributed by atoms with Crippen LogP contribution in [0.4, 0.5) is 5.69 Å². The van der Waals surface area contributed by atoms with E-state index in [1.165, 1.54) is 24.3 Å². The standard InChI is InChI=1S/C17H15NO6/c1-16-5-6-17(8-19,24-16)12-11(16)13(20)18(14(12)21)10-4-2-3-9(7-10)15(22)23/h2-7,11-12,19H,8H2,1H3,(H,22,23)/t11-,12-,16-,17-/m0/s1.